The van der Waals surface area contributed by atoms with Gasteiger partial charge in [0.05, 0.1) is 32.6 Å². The number of rotatable bonds is 8. The largest absolute Gasteiger partial charge is 0.493 e. The summed E-state index contributed by atoms with van der Waals surface area (Å²) in [4.78, 5) is 22.2. The average molecular weight is 443 g/mol. The summed E-state index contributed by atoms with van der Waals surface area (Å²) < 4.78 is 18.0. The molecule has 8 nitrogen and oxygen atoms in total. The average Bonchev–Trinajstić information content (AvgIpc) is 3.18. The monoisotopic (exact) mass is 442 g/mol. The number of ketones is 1. The number of thioether (sulfide) groups is 1. The topological polar surface area (TPSA) is 87.8 Å². The molecule has 1 aliphatic rings. The fourth-order valence-corrected chi connectivity index (χ4v) is 4.71. The van der Waals surface area contributed by atoms with E-state index in [4.69, 9.17) is 14.2 Å². The van der Waals surface area contributed by atoms with E-state index in [1.165, 1.54) is 0 Å². The molecule has 3 aromatic rings. The van der Waals surface area contributed by atoms with Gasteiger partial charge in [0.25, 0.3) is 5.78 Å². The van der Waals surface area contributed by atoms with E-state index in [-0.39, 0.29) is 11.7 Å². The summed E-state index contributed by atoms with van der Waals surface area (Å²) >= 11 is 1.62. The van der Waals surface area contributed by atoms with E-state index in [0.29, 0.717) is 46.6 Å². The number of unbranched alkanes of at least 4 members (excludes halogenated alkanes) is 1. The van der Waals surface area contributed by atoms with Gasteiger partial charge in [-0.25, -0.2) is 9.50 Å². The highest BCUT2D eigenvalue weighted by Crippen LogP contribution is 2.42. The summed E-state index contributed by atoms with van der Waals surface area (Å²) in [6.07, 6.45) is 5.01. The summed E-state index contributed by atoms with van der Waals surface area (Å²) in [5.74, 6) is 3.18. The highest BCUT2D eigenvalue weighted by Gasteiger charge is 2.30. The van der Waals surface area contributed by atoms with Crippen LogP contribution in [0.5, 0.6) is 17.2 Å². The van der Waals surface area contributed by atoms with Crippen LogP contribution >= 0.6 is 11.8 Å². The molecule has 9 heteroatoms. The molecule has 2 heterocycles. The Hall–Kier alpha value is -2.81. The van der Waals surface area contributed by atoms with Crippen molar-refractivity contribution in [3.05, 3.63) is 35.2 Å². The van der Waals surface area contributed by atoms with Crippen LogP contribution in [0.15, 0.2) is 23.5 Å². The highest BCUT2D eigenvalue weighted by atomic mass is 32.2. The number of hydrogen-bond donors (Lipinski definition) is 0. The highest BCUT2D eigenvalue weighted by molar-refractivity contribution is 7.99. The van der Waals surface area contributed by atoms with Gasteiger partial charge in [-0.2, -0.15) is 4.98 Å². The van der Waals surface area contributed by atoms with E-state index in [9.17, 15) is 4.79 Å². The molecule has 0 unspecified atom stereocenters. The lowest BCUT2D eigenvalue weighted by Gasteiger charge is -2.24. The smallest absolute Gasteiger partial charge is 0.253 e. The second-order valence-electron chi connectivity index (χ2n) is 7.43. The zero-order chi connectivity index (χ0) is 22.0. The van der Waals surface area contributed by atoms with Gasteiger partial charge in [0.1, 0.15) is 0 Å². The molecule has 0 saturated heterocycles. The second kappa shape index (κ2) is 9.13. The Morgan fingerprint density at radius 1 is 1.10 bits per heavy atom. The summed E-state index contributed by atoms with van der Waals surface area (Å²) in [6.45, 7) is 2.16. The molecular formula is C22H26N4O4S. The lowest BCUT2D eigenvalue weighted by atomic mass is 9.82. The summed E-state index contributed by atoms with van der Waals surface area (Å²) in [6, 6.07) is 3.81. The zero-order valence-electron chi connectivity index (χ0n) is 18.2. The minimum atomic E-state index is -0.0371. The molecule has 0 spiro atoms. The SMILES string of the molecule is CCCCSc1nc2nc3c(cn2n1)C(=O)C[C@H](c1cc(OC)c(OC)c(OC)c1)C3. The minimum absolute atomic E-state index is 0.0371. The van der Waals surface area contributed by atoms with Gasteiger partial charge in [-0.1, -0.05) is 25.1 Å². The summed E-state index contributed by atoms with van der Waals surface area (Å²) in [5.41, 5.74) is 2.32. The zero-order valence-corrected chi connectivity index (χ0v) is 19.0. The number of carbonyl (C=O) groups is 1. The van der Waals surface area contributed by atoms with Gasteiger partial charge in [-0.15, -0.1) is 5.10 Å². The first-order valence-electron chi connectivity index (χ1n) is 10.3. The molecule has 2 aromatic heterocycles. The molecule has 31 heavy (non-hydrogen) atoms. The van der Waals surface area contributed by atoms with Gasteiger partial charge in [-0.05, 0) is 36.5 Å². The van der Waals surface area contributed by atoms with Crippen molar-refractivity contribution in [3.63, 3.8) is 0 Å². The van der Waals surface area contributed by atoms with Crippen molar-refractivity contribution in [2.75, 3.05) is 27.1 Å². The van der Waals surface area contributed by atoms with Gasteiger partial charge in [0, 0.05) is 18.4 Å². The Morgan fingerprint density at radius 2 is 1.84 bits per heavy atom. The van der Waals surface area contributed by atoms with Crippen molar-refractivity contribution in [2.24, 2.45) is 0 Å². The first kappa shape index (κ1) is 21.4. The van der Waals surface area contributed by atoms with Gasteiger partial charge in [0.15, 0.2) is 17.3 Å². The summed E-state index contributed by atoms with van der Waals surface area (Å²) in [5, 5.41) is 5.17. The molecule has 1 aromatic carbocycles. The molecule has 1 aliphatic carbocycles. The Labute approximate surface area is 185 Å². The third-order valence-electron chi connectivity index (χ3n) is 5.45. The lowest BCUT2D eigenvalue weighted by Crippen LogP contribution is -2.21. The molecule has 0 radical (unpaired) electrons. The molecular weight excluding hydrogens is 416 g/mol. The van der Waals surface area contributed by atoms with Gasteiger partial charge in [0.2, 0.25) is 10.9 Å². The van der Waals surface area contributed by atoms with Crippen molar-refractivity contribution in [1.29, 1.82) is 0 Å². The fourth-order valence-electron chi connectivity index (χ4n) is 3.81. The predicted molar refractivity (Wildman–Crippen MR) is 118 cm³/mol. The van der Waals surface area contributed by atoms with Crippen LogP contribution in [0, 0.1) is 0 Å². The predicted octanol–water partition coefficient (Wildman–Crippen LogP) is 3.96. The first-order valence-corrected chi connectivity index (χ1v) is 11.3. The number of carbonyl (C=O) groups excluding carboxylic acids is 1. The van der Waals surface area contributed by atoms with Crippen LogP contribution in [-0.2, 0) is 6.42 Å². The maximum atomic E-state index is 13.0. The molecule has 0 aliphatic heterocycles. The molecule has 0 amide bonds. The van der Waals surface area contributed by atoms with Crippen LogP contribution in [-0.4, -0.2) is 52.4 Å². The van der Waals surface area contributed by atoms with Crippen LogP contribution in [0.4, 0.5) is 0 Å². The molecule has 0 N–H and O–H groups in total. The number of fused-ring (bicyclic) bond motifs is 2. The fraction of sp³-hybridized carbons (Fsp3) is 0.455. The van der Waals surface area contributed by atoms with E-state index in [2.05, 4.69) is 22.0 Å². The number of nitrogens with zero attached hydrogens (tertiary/aromatic N) is 4. The third-order valence-corrected chi connectivity index (χ3v) is 6.37. The summed E-state index contributed by atoms with van der Waals surface area (Å²) in [7, 11) is 4.74. The van der Waals surface area contributed by atoms with Crippen molar-refractivity contribution in [3.8, 4) is 17.2 Å². The van der Waals surface area contributed by atoms with Crippen LogP contribution in [0.3, 0.4) is 0 Å². The van der Waals surface area contributed by atoms with Crippen molar-refractivity contribution in [2.45, 2.75) is 43.7 Å². The Kier molecular flexibility index (Phi) is 6.31. The van der Waals surface area contributed by atoms with Crippen molar-refractivity contribution < 1.29 is 19.0 Å². The van der Waals surface area contributed by atoms with Crippen LogP contribution in [0.2, 0.25) is 0 Å². The van der Waals surface area contributed by atoms with Crippen LogP contribution in [0.25, 0.3) is 5.78 Å². The van der Waals surface area contributed by atoms with E-state index in [1.54, 1.807) is 43.8 Å². The maximum absolute atomic E-state index is 13.0. The van der Waals surface area contributed by atoms with E-state index in [0.717, 1.165) is 29.9 Å². The Balaban J connectivity index is 1.66. The van der Waals surface area contributed by atoms with Crippen LogP contribution in [0.1, 0.15) is 53.7 Å². The first-order chi connectivity index (χ1) is 15.1. The molecule has 0 fully saturated rings. The third kappa shape index (κ3) is 4.19. The number of benzene rings is 1. The number of aromatic nitrogens is 4. The number of ether oxygens (including phenoxy) is 3. The normalized spacial score (nSPS) is 15.7. The number of Topliss-reactive ketones (excluding diaryl/α,β-unsaturated/α-hetero) is 1. The van der Waals surface area contributed by atoms with Gasteiger partial charge in [-0.3, -0.25) is 4.79 Å². The Bertz CT molecular complexity index is 1090. The van der Waals surface area contributed by atoms with E-state index in [1.807, 2.05) is 12.1 Å². The lowest BCUT2D eigenvalue weighted by molar-refractivity contribution is 0.0962. The quantitative estimate of drug-likeness (QED) is 0.383. The molecule has 4 rings (SSSR count). The minimum Gasteiger partial charge on any atom is -0.493 e. The second-order valence-corrected chi connectivity index (χ2v) is 8.49. The van der Waals surface area contributed by atoms with Gasteiger partial charge >= 0.3 is 0 Å². The van der Waals surface area contributed by atoms with E-state index < -0.39 is 0 Å². The van der Waals surface area contributed by atoms with Crippen LogP contribution < -0.4 is 14.2 Å². The molecule has 0 bridgehead atoms. The maximum Gasteiger partial charge on any atom is 0.253 e. The standard InChI is InChI=1S/C22H26N4O4S/c1-5-6-7-31-22-24-21-23-16-8-13(9-17(27)15(16)12-26(21)25-22)14-10-18(28-2)20(30-4)19(11-14)29-3/h10-13H,5-9H2,1-4H3/t13-/m1/s1. The van der Waals surface area contributed by atoms with Crippen molar-refractivity contribution >= 4 is 23.3 Å². The van der Waals surface area contributed by atoms with E-state index >= 15 is 0 Å². The molecule has 164 valence electrons. The Morgan fingerprint density at radius 3 is 2.48 bits per heavy atom. The molecule has 0 saturated carbocycles. The van der Waals surface area contributed by atoms with Gasteiger partial charge < -0.3 is 14.2 Å². The van der Waals surface area contributed by atoms with Crippen molar-refractivity contribution in [1.82, 2.24) is 19.6 Å². The number of methoxy groups -OCH3 is 3. The molecule has 1 atom stereocenters. The number of hydrogen-bond acceptors (Lipinski definition) is 8.